The largest absolute Gasteiger partial charge is 0.388 e. The zero-order valence-corrected chi connectivity index (χ0v) is 12.6. The van der Waals surface area contributed by atoms with Crippen molar-refractivity contribution in [2.45, 2.75) is 13.2 Å². The minimum absolute atomic E-state index is 0.166. The molecule has 19 heavy (non-hydrogen) atoms. The lowest BCUT2D eigenvalue weighted by Gasteiger charge is -2.09. The van der Waals surface area contributed by atoms with Crippen LogP contribution in [0.1, 0.15) is 5.82 Å². The number of nitrogens with zero attached hydrogens (tertiary/aromatic N) is 3. The van der Waals surface area contributed by atoms with Crippen molar-refractivity contribution in [3.8, 4) is 11.4 Å². The van der Waals surface area contributed by atoms with Gasteiger partial charge in [-0.1, -0.05) is 11.6 Å². The molecule has 0 spiro atoms. The Morgan fingerprint density at radius 3 is 2.84 bits per heavy atom. The molecule has 102 valence electrons. The van der Waals surface area contributed by atoms with E-state index in [-0.39, 0.29) is 6.61 Å². The number of aromatic nitrogens is 3. The minimum Gasteiger partial charge on any atom is -0.388 e. The van der Waals surface area contributed by atoms with Crippen LogP contribution in [-0.2, 0) is 17.9 Å². The van der Waals surface area contributed by atoms with Gasteiger partial charge in [-0.3, -0.25) is 0 Å². The van der Waals surface area contributed by atoms with Crippen molar-refractivity contribution in [3.05, 3.63) is 33.5 Å². The number of hydrogen-bond acceptors (Lipinski definition) is 4. The van der Waals surface area contributed by atoms with E-state index < -0.39 is 0 Å². The molecule has 0 unspecified atom stereocenters. The SMILES string of the molecule is COCCn1c(CO)nnc1-c1ccc(Br)c(Cl)c1. The highest BCUT2D eigenvalue weighted by molar-refractivity contribution is 9.10. The third-order valence-corrected chi connectivity index (χ3v) is 3.90. The van der Waals surface area contributed by atoms with Gasteiger partial charge in [0, 0.05) is 23.7 Å². The Hall–Kier alpha value is -0.950. The van der Waals surface area contributed by atoms with Crippen LogP contribution in [0.4, 0.5) is 0 Å². The van der Waals surface area contributed by atoms with Crippen molar-refractivity contribution in [2.75, 3.05) is 13.7 Å². The van der Waals surface area contributed by atoms with Gasteiger partial charge in [0.05, 0.1) is 11.6 Å². The summed E-state index contributed by atoms with van der Waals surface area (Å²) in [5, 5.41) is 18.0. The third kappa shape index (κ3) is 3.14. The Labute approximate surface area is 124 Å². The average Bonchev–Trinajstić information content (AvgIpc) is 2.82. The smallest absolute Gasteiger partial charge is 0.164 e. The second-order valence-corrected chi connectivity index (χ2v) is 5.13. The molecule has 0 aliphatic carbocycles. The van der Waals surface area contributed by atoms with E-state index >= 15 is 0 Å². The van der Waals surface area contributed by atoms with E-state index in [2.05, 4.69) is 26.1 Å². The first-order valence-corrected chi connectivity index (χ1v) is 6.81. The molecule has 0 atom stereocenters. The van der Waals surface area contributed by atoms with Crippen LogP contribution < -0.4 is 0 Å². The molecule has 0 amide bonds. The van der Waals surface area contributed by atoms with E-state index in [1.807, 2.05) is 16.7 Å². The second-order valence-electron chi connectivity index (χ2n) is 3.87. The van der Waals surface area contributed by atoms with E-state index in [1.54, 1.807) is 13.2 Å². The summed E-state index contributed by atoms with van der Waals surface area (Å²) in [4.78, 5) is 0. The first-order chi connectivity index (χ1) is 9.17. The molecule has 1 heterocycles. The van der Waals surface area contributed by atoms with Crippen LogP contribution in [-0.4, -0.2) is 33.6 Å². The number of hydrogen-bond donors (Lipinski definition) is 1. The standard InChI is InChI=1S/C12H13BrClN3O2/c1-19-5-4-17-11(7-18)15-16-12(17)8-2-3-9(13)10(14)6-8/h2-3,6,18H,4-5,7H2,1H3. The highest BCUT2D eigenvalue weighted by Gasteiger charge is 2.13. The molecule has 0 saturated carbocycles. The quantitative estimate of drug-likeness (QED) is 0.903. The van der Waals surface area contributed by atoms with E-state index in [4.69, 9.17) is 16.3 Å². The van der Waals surface area contributed by atoms with Crippen molar-refractivity contribution in [1.29, 1.82) is 0 Å². The van der Waals surface area contributed by atoms with Crippen LogP contribution in [0, 0.1) is 0 Å². The lowest BCUT2D eigenvalue weighted by atomic mass is 10.2. The molecule has 2 rings (SSSR count). The van der Waals surface area contributed by atoms with Gasteiger partial charge in [-0.05, 0) is 34.1 Å². The molecule has 0 saturated heterocycles. The second kappa shape index (κ2) is 6.47. The van der Waals surface area contributed by atoms with E-state index in [0.29, 0.717) is 29.8 Å². The molecule has 0 aliphatic rings. The van der Waals surface area contributed by atoms with E-state index in [0.717, 1.165) is 10.0 Å². The zero-order chi connectivity index (χ0) is 13.8. The number of rotatable bonds is 5. The minimum atomic E-state index is -0.166. The number of methoxy groups -OCH3 is 1. The molecule has 1 aromatic heterocycles. The van der Waals surface area contributed by atoms with Gasteiger partial charge in [-0.25, -0.2) is 0 Å². The van der Waals surface area contributed by atoms with E-state index in [1.165, 1.54) is 0 Å². The Morgan fingerprint density at radius 2 is 2.21 bits per heavy atom. The first-order valence-electron chi connectivity index (χ1n) is 5.64. The number of halogens is 2. The molecule has 1 N–H and O–H groups in total. The van der Waals surface area contributed by atoms with Crippen LogP contribution in [0.3, 0.4) is 0 Å². The van der Waals surface area contributed by atoms with Crippen LogP contribution >= 0.6 is 27.5 Å². The molecule has 0 bridgehead atoms. The van der Waals surface area contributed by atoms with Crippen molar-refractivity contribution in [3.63, 3.8) is 0 Å². The van der Waals surface area contributed by atoms with Gasteiger partial charge in [-0.2, -0.15) is 0 Å². The molecule has 0 fully saturated rings. The fourth-order valence-corrected chi connectivity index (χ4v) is 2.15. The monoisotopic (exact) mass is 345 g/mol. The summed E-state index contributed by atoms with van der Waals surface area (Å²) in [6.07, 6.45) is 0. The molecular formula is C12H13BrClN3O2. The molecule has 2 aromatic rings. The maximum absolute atomic E-state index is 9.28. The average molecular weight is 347 g/mol. The predicted molar refractivity (Wildman–Crippen MR) is 76.0 cm³/mol. The lowest BCUT2D eigenvalue weighted by molar-refractivity contribution is 0.183. The van der Waals surface area contributed by atoms with Gasteiger partial charge in [0.1, 0.15) is 6.61 Å². The van der Waals surface area contributed by atoms with Crippen LogP contribution in [0.15, 0.2) is 22.7 Å². The Balaban J connectivity index is 2.42. The van der Waals surface area contributed by atoms with Gasteiger partial charge in [0.25, 0.3) is 0 Å². The zero-order valence-electron chi connectivity index (χ0n) is 10.3. The molecule has 5 nitrogen and oxygen atoms in total. The Kier molecular flexibility index (Phi) is 4.93. The summed E-state index contributed by atoms with van der Waals surface area (Å²) in [6.45, 7) is 0.922. The predicted octanol–water partition coefficient (Wildman–Crippen LogP) is 2.50. The summed E-state index contributed by atoms with van der Waals surface area (Å²) in [5.74, 6) is 1.17. The highest BCUT2D eigenvalue weighted by Crippen LogP contribution is 2.28. The number of benzene rings is 1. The Bertz CT molecular complexity index is 574. The number of aliphatic hydroxyl groups excluding tert-OH is 1. The Morgan fingerprint density at radius 1 is 1.42 bits per heavy atom. The van der Waals surface area contributed by atoms with Crippen LogP contribution in [0.5, 0.6) is 0 Å². The molecule has 1 aromatic carbocycles. The fourth-order valence-electron chi connectivity index (χ4n) is 1.72. The van der Waals surface area contributed by atoms with Crippen molar-refractivity contribution < 1.29 is 9.84 Å². The molecule has 0 aliphatic heterocycles. The summed E-state index contributed by atoms with van der Waals surface area (Å²) in [5.41, 5.74) is 0.844. The van der Waals surface area contributed by atoms with Gasteiger partial charge >= 0.3 is 0 Å². The van der Waals surface area contributed by atoms with Crippen LogP contribution in [0.25, 0.3) is 11.4 Å². The normalized spacial score (nSPS) is 10.9. The summed E-state index contributed by atoms with van der Waals surface area (Å²) in [6, 6.07) is 5.55. The molecule has 0 radical (unpaired) electrons. The third-order valence-electron chi connectivity index (χ3n) is 2.67. The number of ether oxygens (including phenoxy) is 1. The van der Waals surface area contributed by atoms with Crippen molar-refractivity contribution in [2.24, 2.45) is 0 Å². The van der Waals surface area contributed by atoms with Gasteiger partial charge in [0.15, 0.2) is 11.6 Å². The highest BCUT2D eigenvalue weighted by atomic mass is 79.9. The first kappa shape index (κ1) is 14.5. The van der Waals surface area contributed by atoms with E-state index in [9.17, 15) is 5.11 Å². The molecular weight excluding hydrogens is 334 g/mol. The lowest BCUT2D eigenvalue weighted by Crippen LogP contribution is -2.10. The fraction of sp³-hybridized carbons (Fsp3) is 0.333. The molecule has 7 heteroatoms. The summed E-state index contributed by atoms with van der Waals surface area (Å²) >= 11 is 9.43. The van der Waals surface area contributed by atoms with Gasteiger partial charge in [0.2, 0.25) is 0 Å². The topological polar surface area (TPSA) is 60.2 Å². The van der Waals surface area contributed by atoms with Crippen molar-refractivity contribution in [1.82, 2.24) is 14.8 Å². The maximum atomic E-state index is 9.28. The van der Waals surface area contributed by atoms with Gasteiger partial charge < -0.3 is 14.4 Å². The van der Waals surface area contributed by atoms with Gasteiger partial charge in [-0.15, -0.1) is 10.2 Å². The van der Waals surface area contributed by atoms with Crippen molar-refractivity contribution >= 4 is 27.5 Å². The summed E-state index contributed by atoms with van der Waals surface area (Å²) < 4.78 is 7.70. The van der Waals surface area contributed by atoms with Crippen LogP contribution in [0.2, 0.25) is 5.02 Å². The summed E-state index contributed by atoms with van der Waals surface area (Å²) in [7, 11) is 1.62. The number of aliphatic hydroxyl groups is 1. The maximum Gasteiger partial charge on any atom is 0.164 e.